The van der Waals surface area contributed by atoms with Gasteiger partial charge in [-0.25, -0.2) is 17.6 Å². The minimum absolute atomic E-state index is 0.00757. The Labute approximate surface area is 373 Å². The molecule has 1 unspecified atom stereocenters. The van der Waals surface area contributed by atoms with Crippen molar-refractivity contribution in [2.75, 3.05) is 85.7 Å². The van der Waals surface area contributed by atoms with Crippen molar-refractivity contribution in [3.05, 3.63) is 32.6 Å². The molecular formula is C41H57FN2O10S6. The summed E-state index contributed by atoms with van der Waals surface area (Å²) in [5.41, 5.74) is 0. The Balaban J connectivity index is 1.51. The first-order valence-electron chi connectivity index (χ1n) is 20.2. The number of nitrogens with zero attached hydrogens (tertiary/aromatic N) is 2. The number of rotatable bonds is 26. The third kappa shape index (κ3) is 12.7. The number of halogens is 1. The maximum Gasteiger partial charge on any atom is 0.351 e. The van der Waals surface area contributed by atoms with E-state index in [1.54, 1.807) is 22.7 Å². The number of aryl methyl sites for hydroxylation is 2. The minimum Gasteiger partial charge on any atom is -0.748 e. The second-order valence-corrected chi connectivity index (χ2v) is 23.3. The van der Waals surface area contributed by atoms with Gasteiger partial charge in [0.25, 0.3) is 0 Å². The summed E-state index contributed by atoms with van der Waals surface area (Å²) >= 11 is 6.79. The molecule has 0 N–H and O–H groups in total. The lowest BCUT2D eigenvalue weighted by molar-refractivity contribution is -0.890. The zero-order chi connectivity index (χ0) is 43.8. The number of likely N-dealkylation sites (N-methyl/N-ethyl adjacent to an activating group) is 2. The summed E-state index contributed by atoms with van der Waals surface area (Å²) in [7, 11) is 3.93. The van der Waals surface area contributed by atoms with Crippen molar-refractivity contribution >= 4 is 104 Å². The van der Waals surface area contributed by atoms with Crippen LogP contribution in [0.4, 0.5) is 4.39 Å². The molecule has 5 aromatic rings. The summed E-state index contributed by atoms with van der Waals surface area (Å²) in [6.07, 6.45) is 5.03. The van der Waals surface area contributed by atoms with Gasteiger partial charge in [-0.2, -0.15) is 4.33 Å². The number of thiophene rings is 4. The predicted molar refractivity (Wildman–Crippen MR) is 242 cm³/mol. The largest absolute Gasteiger partial charge is 0.748 e. The Bertz CT molecular complexity index is 2330. The molecule has 0 saturated heterocycles. The number of quaternary nitrogens is 2. The molecule has 1 aromatic carbocycles. The van der Waals surface area contributed by atoms with E-state index in [9.17, 15) is 23.0 Å². The van der Waals surface area contributed by atoms with Gasteiger partial charge in [-0.15, -0.1) is 45.3 Å². The standard InChI is InChI=1S/C41H57FN2O10S6/c1-9-11-14-28(10-2)25-52-41(45)40-33(42)32-27(4)57-38(39(32)59-40)31-24-30-35(51-19-17-43(5,6)15-12-21-55-54-53-46)36-29(23-26(3)56-36)34(37(30)58-31)50-20-18-44(7,8)16-13-22-60(47,48)49/h23-24,28H,9-22,25H2,1-8H3. The molecule has 4 aromatic heterocycles. The normalized spacial score (nSPS) is 13.2. The van der Waals surface area contributed by atoms with E-state index in [1.165, 1.54) is 11.3 Å². The van der Waals surface area contributed by atoms with Crippen LogP contribution in [-0.4, -0.2) is 114 Å². The number of ether oxygens (including phenoxy) is 3. The summed E-state index contributed by atoms with van der Waals surface area (Å²) < 4.78 is 77.1. The number of hydrogen-bond acceptors (Lipinski definition) is 15. The highest BCUT2D eigenvalue weighted by Gasteiger charge is 2.29. The van der Waals surface area contributed by atoms with Crippen LogP contribution in [0.5, 0.6) is 11.5 Å². The van der Waals surface area contributed by atoms with E-state index in [0.29, 0.717) is 63.4 Å². The Morgan fingerprint density at radius 2 is 1.50 bits per heavy atom. The maximum absolute atomic E-state index is 16.1. The molecule has 4 heterocycles. The van der Waals surface area contributed by atoms with Gasteiger partial charge in [0, 0.05) is 67.2 Å². The fourth-order valence-electron chi connectivity index (χ4n) is 7.10. The van der Waals surface area contributed by atoms with Crippen LogP contribution in [0.15, 0.2) is 12.1 Å². The monoisotopic (exact) mass is 948 g/mol. The quantitative estimate of drug-likeness (QED) is 0.00996. The first-order chi connectivity index (χ1) is 28.4. The van der Waals surface area contributed by atoms with Gasteiger partial charge in [-0.3, -0.25) is 5.04 Å². The van der Waals surface area contributed by atoms with Crippen LogP contribution < -0.4 is 14.7 Å². The number of hydrogen-bond donors (Lipinski definition) is 0. The van der Waals surface area contributed by atoms with Crippen molar-refractivity contribution in [1.29, 1.82) is 0 Å². The summed E-state index contributed by atoms with van der Waals surface area (Å²) in [6, 6.07) is 4.20. The van der Waals surface area contributed by atoms with Gasteiger partial charge in [0.15, 0.2) is 5.82 Å². The van der Waals surface area contributed by atoms with Crippen LogP contribution in [0.2, 0.25) is 0 Å². The SMILES string of the molecule is CCCCC(CC)COC(=O)c1sc2c(-c3cc4c(OCC[N+](C)(C)CCCSOO[O-])c5sc(C)cc5c(OCC[N+](C)(C)CCCS(=O)(=O)[O-])c4s3)sc(C)c2c1F. The molecule has 0 radical (unpaired) electrons. The lowest BCUT2D eigenvalue weighted by atomic mass is 10.0. The lowest BCUT2D eigenvalue weighted by Crippen LogP contribution is -2.44. The maximum atomic E-state index is 16.1. The smallest absolute Gasteiger partial charge is 0.351 e. The fourth-order valence-corrected chi connectivity index (χ4v) is 12.7. The topological polar surface area (TPSA) is 143 Å². The molecule has 5 rings (SSSR count). The highest BCUT2D eigenvalue weighted by molar-refractivity contribution is 7.94. The number of esters is 1. The molecule has 60 heavy (non-hydrogen) atoms. The van der Waals surface area contributed by atoms with Crippen molar-refractivity contribution in [2.45, 2.75) is 66.2 Å². The Hall–Kier alpha value is -2.14. The van der Waals surface area contributed by atoms with Gasteiger partial charge in [0.2, 0.25) is 0 Å². The molecule has 12 nitrogen and oxygen atoms in total. The predicted octanol–water partition coefficient (Wildman–Crippen LogP) is 9.30. The number of carbonyl (C=O) groups excluding carboxylic acids is 1. The Morgan fingerprint density at radius 3 is 2.12 bits per heavy atom. The minimum atomic E-state index is -4.29. The van der Waals surface area contributed by atoms with Crippen LogP contribution in [0.1, 0.15) is 71.8 Å². The Morgan fingerprint density at radius 1 is 0.867 bits per heavy atom. The summed E-state index contributed by atoms with van der Waals surface area (Å²) in [5.74, 6) is 0.748. The van der Waals surface area contributed by atoms with E-state index in [-0.39, 0.29) is 23.8 Å². The van der Waals surface area contributed by atoms with Crippen molar-refractivity contribution in [3.63, 3.8) is 0 Å². The number of unbranched alkanes of at least 4 members (excludes halogenated alkanes) is 1. The molecule has 0 fully saturated rings. The molecule has 0 aliphatic heterocycles. The molecule has 0 saturated carbocycles. The fraction of sp³-hybridized carbons (Fsp3) is 0.585. The molecule has 334 valence electrons. The highest BCUT2D eigenvalue weighted by atomic mass is 32.2. The van der Waals surface area contributed by atoms with E-state index in [1.807, 2.05) is 27.9 Å². The van der Waals surface area contributed by atoms with Gasteiger partial charge in [-0.05, 0) is 38.3 Å². The Kier molecular flexibility index (Phi) is 17.5. The molecule has 0 amide bonds. The van der Waals surface area contributed by atoms with Crippen LogP contribution in [0, 0.1) is 25.6 Å². The number of benzene rings is 1. The van der Waals surface area contributed by atoms with Gasteiger partial charge in [0.1, 0.15) is 42.7 Å². The van der Waals surface area contributed by atoms with Gasteiger partial charge < -0.3 is 33.0 Å². The first-order valence-corrected chi connectivity index (χ1v) is 25.9. The van der Waals surface area contributed by atoms with E-state index in [0.717, 1.165) is 107 Å². The second-order valence-electron chi connectivity index (χ2n) is 16.5. The van der Waals surface area contributed by atoms with E-state index in [4.69, 9.17) is 14.2 Å². The average molecular weight is 949 g/mol. The second kappa shape index (κ2) is 21.5. The molecule has 0 bridgehead atoms. The third-order valence-corrected chi connectivity index (χ3v) is 16.8. The molecule has 1 atom stereocenters. The number of fused-ring (bicyclic) bond motifs is 3. The van der Waals surface area contributed by atoms with Gasteiger partial charge >= 0.3 is 5.97 Å². The summed E-state index contributed by atoms with van der Waals surface area (Å²) in [5, 5.41) is 15.8. The zero-order valence-electron chi connectivity index (χ0n) is 35.6. The van der Waals surface area contributed by atoms with E-state index in [2.05, 4.69) is 49.4 Å². The molecule has 0 aliphatic rings. The van der Waals surface area contributed by atoms with Gasteiger partial charge in [0.05, 0.1) is 77.0 Å². The van der Waals surface area contributed by atoms with Crippen molar-refractivity contribution in [1.82, 2.24) is 0 Å². The average Bonchev–Trinajstić information content (AvgIpc) is 3.94. The van der Waals surface area contributed by atoms with Crippen LogP contribution in [0.25, 0.3) is 40.0 Å². The summed E-state index contributed by atoms with van der Waals surface area (Å²) in [4.78, 5) is 17.0. The molecular weight excluding hydrogens is 892 g/mol. The first kappa shape index (κ1) is 48.9. The third-order valence-electron chi connectivity index (χ3n) is 10.7. The molecule has 19 heteroatoms. The van der Waals surface area contributed by atoms with Crippen LogP contribution >= 0.6 is 57.4 Å². The molecule has 0 spiro atoms. The zero-order valence-corrected chi connectivity index (χ0v) is 40.5. The van der Waals surface area contributed by atoms with Crippen LogP contribution in [-0.2, 0) is 24.2 Å². The van der Waals surface area contributed by atoms with Crippen molar-refractivity contribution < 1.29 is 60.0 Å². The lowest BCUT2D eigenvalue weighted by Gasteiger charge is -2.30. The summed E-state index contributed by atoms with van der Waals surface area (Å²) in [6.45, 7) is 11.8. The highest BCUT2D eigenvalue weighted by Crippen LogP contribution is 2.54. The number of carbonyl (C=O) groups is 1. The van der Waals surface area contributed by atoms with Crippen molar-refractivity contribution in [2.24, 2.45) is 5.92 Å². The van der Waals surface area contributed by atoms with E-state index >= 15 is 4.39 Å². The van der Waals surface area contributed by atoms with Crippen molar-refractivity contribution in [3.8, 4) is 21.3 Å². The van der Waals surface area contributed by atoms with E-state index < -0.39 is 27.7 Å². The van der Waals surface area contributed by atoms with Gasteiger partial charge in [-0.1, -0.05) is 33.1 Å². The van der Waals surface area contributed by atoms with Crippen LogP contribution in [0.3, 0.4) is 0 Å². The molecule has 0 aliphatic carbocycles.